The van der Waals surface area contributed by atoms with E-state index in [1.54, 1.807) is 14.2 Å². The van der Waals surface area contributed by atoms with E-state index in [-0.39, 0.29) is 0 Å². The van der Waals surface area contributed by atoms with Gasteiger partial charge >= 0.3 is 0 Å². The smallest absolute Gasteiger partial charge is 0.0811 e. The van der Waals surface area contributed by atoms with Crippen LogP contribution in [0.4, 0.5) is 0 Å². The third kappa shape index (κ3) is 5.89. The van der Waals surface area contributed by atoms with Gasteiger partial charge < -0.3 is 9.47 Å². The van der Waals surface area contributed by atoms with Gasteiger partial charge in [-0.05, 0) is 48.2 Å². The second-order valence-corrected chi connectivity index (χ2v) is 9.66. The fourth-order valence-electron chi connectivity index (χ4n) is 3.32. The van der Waals surface area contributed by atoms with Crippen LogP contribution in [0.15, 0.2) is 72.8 Å². The number of methoxy groups -OCH3 is 2. The molecule has 0 aliphatic carbocycles. The number of ether oxygens (including phenoxy) is 2. The van der Waals surface area contributed by atoms with Crippen molar-refractivity contribution in [3.63, 3.8) is 0 Å². The summed E-state index contributed by atoms with van der Waals surface area (Å²) in [6.45, 7) is 5.70. The Bertz CT molecular complexity index is 1030. The predicted molar refractivity (Wildman–Crippen MR) is 130 cm³/mol. The van der Waals surface area contributed by atoms with E-state index in [1.165, 1.54) is 41.8 Å². The van der Waals surface area contributed by atoms with Crippen LogP contribution in [0.2, 0.25) is 0 Å². The van der Waals surface area contributed by atoms with Crippen molar-refractivity contribution in [3.05, 3.63) is 92.3 Å². The maximum absolute atomic E-state index is 5.21. The van der Waals surface area contributed by atoms with Crippen LogP contribution < -0.4 is 0 Å². The van der Waals surface area contributed by atoms with E-state index in [0.29, 0.717) is 13.2 Å². The first-order valence-corrected chi connectivity index (χ1v) is 11.5. The molecule has 0 fully saturated rings. The van der Waals surface area contributed by atoms with Gasteiger partial charge in [-0.25, -0.2) is 0 Å². The first-order valence-electron chi connectivity index (χ1n) is 9.89. The molecule has 2 nitrogen and oxygen atoms in total. The molecule has 4 aromatic rings. The summed E-state index contributed by atoms with van der Waals surface area (Å²) in [5.41, 5.74) is 5.19. The molecular weight excluding hydrogens is 408 g/mol. The molecule has 0 N–H and O–H groups in total. The molecule has 0 saturated heterocycles. The number of hydrogen-bond acceptors (Lipinski definition) is 4. The molecule has 2 aromatic heterocycles. The molecule has 2 heterocycles. The fourth-order valence-corrected chi connectivity index (χ4v) is 5.39. The highest BCUT2D eigenvalue weighted by molar-refractivity contribution is 7.12. The van der Waals surface area contributed by atoms with Crippen LogP contribution in [0.3, 0.4) is 0 Å². The first-order chi connectivity index (χ1) is 14.6. The molecule has 4 heteroatoms. The van der Waals surface area contributed by atoms with Crippen molar-refractivity contribution < 1.29 is 9.47 Å². The molecular formula is C26H28O2S2. The maximum atomic E-state index is 5.21. The van der Waals surface area contributed by atoms with E-state index in [2.05, 4.69) is 74.5 Å². The van der Waals surface area contributed by atoms with Crippen LogP contribution in [0, 0.1) is 13.8 Å². The lowest BCUT2D eigenvalue weighted by molar-refractivity contribution is 0.187. The lowest BCUT2D eigenvalue weighted by Gasteiger charge is -2.02. The van der Waals surface area contributed by atoms with Crippen molar-refractivity contribution in [2.75, 3.05) is 14.2 Å². The summed E-state index contributed by atoms with van der Waals surface area (Å²) < 4.78 is 10.4. The van der Waals surface area contributed by atoms with Gasteiger partial charge in [0.05, 0.1) is 13.2 Å². The molecule has 0 saturated carbocycles. The molecule has 0 radical (unpaired) electrons. The van der Waals surface area contributed by atoms with Gasteiger partial charge in [0.25, 0.3) is 0 Å². The summed E-state index contributed by atoms with van der Waals surface area (Å²) in [7, 11) is 3.47. The number of hydrogen-bond donors (Lipinski definition) is 0. The Balaban J connectivity index is 0.000000171. The zero-order valence-corrected chi connectivity index (χ0v) is 19.6. The molecule has 0 spiro atoms. The van der Waals surface area contributed by atoms with Crippen LogP contribution in [0.5, 0.6) is 0 Å². The van der Waals surface area contributed by atoms with E-state index >= 15 is 0 Å². The standard InChI is InChI=1S/2C13H14OS/c1-10-13(8-12(15-10)9-14-2)11-6-4-3-5-7-11;1-10-8-12(13(15-10)9-14-2)11-6-4-3-5-7-11/h2*3-8H,9H2,1-2H3. The summed E-state index contributed by atoms with van der Waals surface area (Å²) in [4.78, 5) is 5.28. The van der Waals surface area contributed by atoms with Crippen molar-refractivity contribution >= 4 is 22.7 Å². The Kier molecular flexibility index (Phi) is 8.40. The van der Waals surface area contributed by atoms with Crippen LogP contribution >= 0.6 is 22.7 Å². The van der Waals surface area contributed by atoms with Gasteiger partial charge in [-0.1, -0.05) is 60.7 Å². The number of benzene rings is 2. The van der Waals surface area contributed by atoms with Gasteiger partial charge in [-0.15, -0.1) is 22.7 Å². The Morgan fingerprint density at radius 1 is 0.667 bits per heavy atom. The molecule has 0 unspecified atom stereocenters. The number of aryl methyl sites for hydroxylation is 2. The van der Waals surface area contributed by atoms with Gasteiger partial charge in [0.2, 0.25) is 0 Å². The Morgan fingerprint density at radius 2 is 1.23 bits per heavy atom. The van der Waals surface area contributed by atoms with E-state index in [4.69, 9.17) is 9.47 Å². The Morgan fingerprint density at radius 3 is 1.80 bits per heavy atom. The Labute approximate surface area is 187 Å². The summed E-state index contributed by atoms with van der Waals surface area (Å²) in [6.07, 6.45) is 0. The highest BCUT2D eigenvalue weighted by Crippen LogP contribution is 2.32. The zero-order valence-electron chi connectivity index (χ0n) is 18.0. The van der Waals surface area contributed by atoms with Gasteiger partial charge in [0.1, 0.15) is 0 Å². The fraction of sp³-hybridized carbons (Fsp3) is 0.231. The van der Waals surface area contributed by atoms with Crippen LogP contribution in [0.25, 0.3) is 22.3 Å². The van der Waals surface area contributed by atoms with E-state index in [1.807, 2.05) is 34.8 Å². The molecule has 0 atom stereocenters. The topological polar surface area (TPSA) is 18.5 Å². The molecule has 30 heavy (non-hydrogen) atoms. The predicted octanol–water partition coefficient (Wildman–Crippen LogP) is 7.74. The van der Waals surface area contributed by atoms with Crippen molar-refractivity contribution in [2.24, 2.45) is 0 Å². The monoisotopic (exact) mass is 436 g/mol. The third-order valence-electron chi connectivity index (χ3n) is 4.63. The molecule has 0 bridgehead atoms. The minimum atomic E-state index is 0.697. The highest BCUT2D eigenvalue weighted by atomic mass is 32.1. The lowest BCUT2D eigenvalue weighted by Crippen LogP contribution is -1.85. The molecule has 0 amide bonds. The summed E-state index contributed by atoms with van der Waals surface area (Å²) in [5.74, 6) is 0. The van der Waals surface area contributed by atoms with Crippen molar-refractivity contribution in [1.29, 1.82) is 0 Å². The summed E-state index contributed by atoms with van der Waals surface area (Å²) in [6, 6.07) is 25.4. The lowest BCUT2D eigenvalue weighted by atomic mass is 10.1. The van der Waals surface area contributed by atoms with Gasteiger partial charge in [-0.2, -0.15) is 0 Å². The molecule has 156 valence electrons. The highest BCUT2D eigenvalue weighted by Gasteiger charge is 2.08. The quantitative estimate of drug-likeness (QED) is 0.308. The zero-order chi connectivity index (χ0) is 21.3. The van der Waals surface area contributed by atoms with Crippen molar-refractivity contribution in [1.82, 2.24) is 0 Å². The minimum Gasteiger partial charge on any atom is -0.379 e. The largest absolute Gasteiger partial charge is 0.379 e. The minimum absolute atomic E-state index is 0.697. The molecule has 0 aliphatic rings. The molecule has 0 aliphatic heterocycles. The second-order valence-electron chi connectivity index (χ2n) is 6.97. The molecule has 4 rings (SSSR count). The Hall–Kier alpha value is -2.24. The number of rotatable bonds is 6. The van der Waals surface area contributed by atoms with Crippen molar-refractivity contribution in [3.8, 4) is 22.3 Å². The van der Waals surface area contributed by atoms with E-state index in [0.717, 1.165) is 0 Å². The second kappa shape index (κ2) is 11.2. The van der Waals surface area contributed by atoms with Gasteiger partial charge in [0.15, 0.2) is 0 Å². The maximum Gasteiger partial charge on any atom is 0.0811 e. The van der Waals surface area contributed by atoms with Gasteiger partial charge in [0, 0.05) is 33.7 Å². The average molecular weight is 437 g/mol. The first kappa shape index (κ1) is 22.4. The average Bonchev–Trinajstić information content (AvgIpc) is 3.32. The third-order valence-corrected chi connectivity index (χ3v) is 6.68. The SMILES string of the molecule is COCc1cc(-c2ccccc2)c(C)s1.COCc1sc(C)cc1-c1ccccc1. The van der Waals surface area contributed by atoms with E-state index in [9.17, 15) is 0 Å². The summed E-state index contributed by atoms with van der Waals surface area (Å²) >= 11 is 3.62. The van der Waals surface area contributed by atoms with Crippen LogP contribution in [-0.4, -0.2) is 14.2 Å². The van der Waals surface area contributed by atoms with E-state index < -0.39 is 0 Å². The van der Waals surface area contributed by atoms with Crippen LogP contribution in [0.1, 0.15) is 19.5 Å². The van der Waals surface area contributed by atoms with Crippen molar-refractivity contribution in [2.45, 2.75) is 27.1 Å². The normalized spacial score (nSPS) is 10.5. The molecule has 2 aromatic carbocycles. The number of thiophene rings is 2. The van der Waals surface area contributed by atoms with Gasteiger partial charge in [-0.3, -0.25) is 0 Å². The summed E-state index contributed by atoms with van der Waals surface area (Å²) in [5, 5.41) is 0. The van der Waals surface area contributed by atoms with Crippen LogP contribution in [-0.2, 0) is 22.7 Å².